The number of hydrogen-bond donors (Lipinski definition) is 0. The average Bonchev–Trinajstić information content (AvgIpc) is 2.67. The molecule has 0 atom stereocenters. The monoisotopic (exact) mass is 262 g/mol. The molecule has 6 heteroatoms. The van der Waals surface area contributed by atoms with Crippen LogP contribution in [0, 0.1) is 5.41 Å². The van der Waals surface area contributed by atoms with Gasteiger partial charge in [0.1, 0.15) is 0 Å². The number of rotatable bonds is 1. The molecule has 0 saturated heterocycles. The maximum absolute atomic E-state index is 12.1. The second-order valence-corrected chi connectivity index (χ2v) is 6.16. The van der Waals surface area contributed by atoms with Crippen LogP contribution in [0.25, 0.3) is 5.78 Å². The van der Waals surface area contributed by atoms with E-state index in [1.165, 1.54) is 11.8 Å². The first kappa shape index (κ1) is 11.6. The summed E-state index contributed by atoms with van der Waals surface area (Å²) >= 11 is 1.47. The molecular formula is C12H14N4OS. The van der Waals surface area contributed by atoms with Crippen molar-refractivity contribution in [2.24, 2.45) is 5.41 Å². The number of carbonyl (C=O) groups excluding carboxylic acids is 1. The van der Waals surface area contributed by atoms with Gasteiger partial charge in [-0.2, -0.15) is 4.98 Å². The van der Waals surface area contributed by atoms with Crippen LogP contribution in [-0.4, -0.2) is 31.6 Å². The molecule has 3 rings (SSSR count). The van der Waals surface area contributed by atoms with Gasteiger partial charge < -0.3 is 0 Å². The van der Waals surface area contributed by atoms with Gasteiger partial charge in [0.2, 0.25) is 5.16 Å². The number of Topliss-reactive ketones (excluding diaryl/α,β-unsaturated/α-hetero) is 1. The first-order chi connectivity index (χ1) is 8.48. The molecule has 0 amide bonds. The van der Waals surface area contributed by atoms with E-state index in [1.54, 1.807) is 10.7 Å². The van der Waals surface area contributed by atoms with Gasteiger partial charge in [0.15, 0.2) is 5.78 Å². The molecule has 2 aromatic heterocycles. The molecule has 2 heterocycles. The fourth-order valence-corrected chi connectivity index (χ4v) is 2.68. The summed E-state index contributed by atoms with van der Waals surface area (Å²) in [5.74, 6) is 0.723. The minimum Gasteiger partial charge on any atom is -0.294 e. The number of ketones is 1. The second-order valence-electron chi connectivity index (χ2n) is 5.39. The van der Waals surface area contributed by atoms with Crippen LogP contribution in [0.3, 0.4) is 0 Å². The third kappa shape index (κ3) is 1.80. The lowest BCUT2D eigenvalue weighted by atomic mass is 9.76. The Bertz CT molecular complexity index is 647. The van der Waals surface area contributed by atoms with Crippen LogP contribution >= 0.6 is 11.8 Å². The minimum atomic E-state index is -0.0161. The van der Waals surface area contributed by atoms with Crippen LogP contribution in [0.4, 0.5) is 0 Å². The largest absolute Gasteiger partial charge is 0.294 e. The molecule has 0 unspecified atom stereocenters. The van der Waals surface area contributed by atoms with Gasteiger partial charge >= 0.3 is 0 Å². The van der Waals surface area contributed by atoms with E-state index in [9.17, 15) is 4.79 Å². The predicted octanol–water partition coefficient (Wildman–Crippen LogP) is 2.00. The summed E-state index contributed by atoms with van der Waals surface area (Å²) in [4.78, 5) is 20.9. The maximum atomic E-state index is 12.1. The van der Waals surface area contributed by atoms with E-state index < -0.39 is 0 Å². The van der Waals surface area contributed by atoms with Crippen LogP contribution in [-0.2, 0) is 6.42 Å². The zero-order valence-electron chi connectivity index (χ0n) is 10.6. The van der Waals surface area contributed by atoms with Crippen LogP contribution in [0.5, 0.6) is 0 Å². The first-order valence-electron chi connectivity index (χ1n) is 5.82. The number of thioether (sulfide) groups is 1. The summed E-state index contributed by atoms with van der Waals surface area (Å²) in [6.07, 6.45) is 5.06. The highest BCUT2D eigenvalue weighted by Gasteiger charge is 2.32. The van der Waals surface area contributed by atoms with Crippen molar-refractivity contribution in [3.8, 4) is 0 Å². The molecule has 1 aliphatic carbocycles. The lowest BCUT2D eigenvalue weighted by Crippen LogP contribution is -2.28. The summed E-state index contributed by atoms with van der Waals surface area (Å²) in [6, 6.07) is 0. The van der Waals surface area contributed by atoms with Gasteiger partial charge in [0.05, 0.1) is 11.3 Å². The number of aromatic nitrogens is 4. The number of carbonyl (C=O) groups is 1. The van der Waals surface area contributed by atoms with Crippen molar-refractivity contribution in [2.75, 3.05) is 6.26 Å². The molecule has 5 nitrogen and oxygen atoms in total. The van der Waals surface area contributed by atoms with Gasteiger partial charge in [0.25, 0.3) is 5.78 Å². The van der Waals surface area contributed by atoms with E-state index in [1.807, 2.05) is 6.26 Å². The minimum absolute atomic E-state index is 0.0161. The summed E-state index contributed by atoms with van der Waals surface area (Å²) in [5, 5.41) is 4.94. The van der Waals surface area contributed by atoms with Crippen molar-refractivity contribution in [3.05, 3.63) is 17.5 Å². The first-order valence-corrected chi connectivity index (χ1v) is 7.04. The molecule has 18 heavy (non-hydrogen) atoms. The van der Waals surface area contributed by atoms with Crippen LogP contribution < -0.4 is 0 Å². The SMILES string of the molecule is CSc1nc2nc3c(cn2n1)C(=O)CC(C)(C)C3. The molecule has 1 aliphatic rings. The van der Waals surface area contributed by atoms with Gasteiger partial charge in [-0.25, -0.2) is 9.50 Å². The Morgan fingerprint density at radius 3 is 2.83 bits per heavy atom. The highest BCUT2D eigenvalue weighted by Crippen LogP contribution is 2.33. The van der Waals surface area contributed by atoms with E-state index in [0.717, 1.165) is 12.1 Å². The fraction of sp³-hybridized carbons (Fsp3) is 0.500. The Morgan fingerprint density at radius 1 is 1.33 bits per heavy atom. The fourth-order valence-electron chi connectivity index (χ4n) is 2.34. The molecule has 0 fully saturated rings. The third-order valence-electron chi connectivity index (χ3n) is 3.16. The van der Waals surface area contributed by atoms with Crippen molar-refractivity contribution in [2.45, 2.75) is 31.8 Å². The second kappa shape index (κ2) is 3.78. The predicted molar refractivity (Wildman–Crippen MR) is 69.0 cm³/mol. The highest BCUT2D eigenvalue weighted by atomic mass is 32.2. The van der Waals surface area contributed by atoms with Gasteiger partial charge in [-0.3, -0.25) is 4.79 Å². The van der Waals surface area contributed by atoms with Crippen molar-refractivity contribution in [1.29, 1.82) is 0 Å². The van der Waals surface area contributed by atoms with Gasteiger partial charge in [0, 0.05) is 12.6 Å². The van der Waals surface area contributed by atoms with Crippen molar-refractivity contribution < 1.29 is 4.79 Å². The molecule has 94 valence electrons. The van der Waals surface area contributed by atoms with Crippen molar-refractivity contribution in [3.63, 3.8) is 0 Å². The molecule has 0 radical (unpaired) electrons. The number of hydrogen-bond acceptors (Lipinski definition) is 5. The summed E-state index contributed by atoms with van der Waals surface area (Å²) in [5.41, 5.74) is 1.53. The molecular weight excluding hydrogens is 248 g/mol. The summed E-state index contributed by atoms with van der Waals surface area (Å²) in [6.45, 7) is 4.19. The molecule has 2 aromatic rings. The Balaban J connectivity index is 2.19. The van der Waals surface area contributed by atoms with Gasteiger partial charge in [-0.15, -0.1) is 5.10 Å². The Morgan fingerprint density at radius 2 is 2.11 bits per heavy atom. The van der Waals surface area contributed by atoms with Crippen LogP contribution in [0.2, 0.25) is 0 Å². The van der Waals surface area contributed by atoms with E-state index in [0.29, 0.717) is 22.9 Å². The lowest BCUT2D eigenvalue weighted by Gasteiger charge is -2.28. The Labute approximate surface area is 109 Å². The van der Waals surface area contributed by atoms with E-state index in [-0.39, 0.29) is 11.2 Å². The van der Waals surface area contributed by atoms with Crippen molar-refractivity contribution >= 4 is 23.3 Å². The zero-order valence-corrected chi connectivity index (χ0v) is 11.4. The molecule has 0 aliphatic heterocycles. The quantitative estimate of drug-likeness (QED) is 0.736. The molecule has 0 aromatic carbocycles. The number of nitrogens with zero attached hydrogens (tertiary/aromatic N) is 4. The van der Waals surface area contributed by atoms with E-state index >= 15 is 0 Å². The standard InChI is InChI=1S/C12H14N4OS/c1-12(2)4-8-7(9(17)5-12)6-16-10(13-8)14-11(15-16)18-3/h6H,4-5H2,1-3H3. The smallest absolute Gasteiger partial charge is 0.253 e. The van der Waals surface area contributed by atoms with Crippen molar-refractivity contribution in [1.82, 2.24) is 19.6 Å². The van der Waals surface area contributed by atoms with Gasteiger partial charge in [-0.05, 0) is 18.1 Å². The lowest BCUT2D eigenvalue weighted by molar-refractivity contribution is 0.0909. The summed E-state index contributed by atoms with van der Waals surface area (Å²) in [7, 11) is 0. The summed E-state index contributed by atoms with van der Waals surface area (Å²) < 4.78 is 1.60. The van der Waals surface area contributed by atoms with Gasteiger partial charge in [-0.1, -0.05) is 25.6 Å². The van der Waals surface area contributed by atoms with E-state index in [2.05, 4.69) is 28.9 Å². The molecule has 0 spiro atoms. The van der Waals surface area contributed by atoms with Crippen LogP contribution in [0.15, 0.2) is 11.4 Å². The topological polar surface area (TPSA) is 60.1 Å². The maximum Gasteiger partial charge on any atom is 0.253 e. The Hall–Kier alpha value is -1.43. The molecule has 0 N–H and O–H groups in total. The highest BCUT2D eigenvalue weighted by molar-refractivity contribution is 7.98. The average molecular weight is 262 g/mol. The molecule has 0 bridgehead atoms. The molecule has 0 saturated carbocycles. The normalized spacial score (nSPS) is 18.1. The zero-order chi connectivity index (χ0) is 12.9. The Kier molecular flexibility index (Phi) is 2.45. The van der Waals surface area contributed by atoms with E-state index in [4.69, 9.17) is 0 Å². The third-order valence-corrected chi connectivity index (χ3v) is 3.70. The number of fused-ring (bicyclic) bond motifs is 2. The van der Waals surface area contributed by atoms with Crippen LogP contribution in [0.1, 0.15) is 36.3 Å².